The highest BCUT2D eigenvalue weighted by atomic mass is 127. The number of rotatable bonds is 1. The molecule has 0 spiro atoms. The molecule has 0 aliphatic carbocycles. The summed E-state index contributed by atoms with van der Waals surface area (Å²) in [6.45, 7) is 0. The van der Waals surface area contributed by atoms with Crippen molar-refractivity contribution in [1.29, 1.82) is 0 Å². The Morgan fingerprint density at radius 3 is 2.67 bits per heavy atom. The highest BCUT2D eigenvalue weighted by molar-refractivity contribution is 14.1. The predicted molar refractivity (Wildman–Crippen MR) is 65.4 cm³/mol. The zero-order chi connectivity index (χ0) is 10.8. The van der Waals surface area contributed by atoms with Crippen molar-refractivity contribution in [2.24, 2.45) is 0 Å². The minimum absolute atomic E-state index is 0.387. The largest absolute Gasteiger partial charge is 0.332 e. The third-order valence-corrected chi connectivity index (χ3v) is 2.58. The average Bonchev–Trinajstić information content (AvgIpc) is 2.17. The number of benzene rings is 1. The Bertz CT molecular complexity index is 601. The van der Waals surface area contributed by atoms with Crippen molar-refractivity contribution < 1.29 is 0 Å². The monoisotopic (exact) mass is 314 g/mol. The molecule has 1 aromatic heterocycles. The van der Waals surface area contributed by atoms with Gasteiger partial charge in [0.15, 0.2) is 0 Å². The number of H-pyrrole nitrogens is 1. The van der Waals surface area contributed by atoms with Crippen molar-refractivity contribution >= 4 is 22.6 Å². The molecule has 76 valence electrons. The van der Waals surface area contributed by atoms with E-state index in [1.807, 2.05) is 24.3 Å². The molecule has 0 radical (unpaired) electrons. The van der Waals surface area contributed by atoms with E-state index in [1.165, 1.54) is 16.8 Å². The molecule has 0 atom stereocenters. The summed E-state index contributed by atoms with van der Waals surface area (Å²) in [5.74, 6) is 0. The lowest BCUT2D eigenvalue weighted by molar-refractivity contribution is 0.895. The Hall–Kier alpha value is -1.37. The molecule has 0 bridgehead atoms. The van der Waals surface area contributed by atoms with Gasteiger partial charge in [-0.2, -0.15) is 0 Å². The van der Waals surface area contributed by atoms with Crippen LogP contribution < -0.4 is 11.2 Å². The van der Waals surface area contributed by atoms with Crippen LogP contribution >= 0.6 is 22.6 Å². The number of hydrogen-bond acceptors (Lipinski definition) is 2. The van der Waals surface area contributed by atoms with E-state index < -0.39 is 5.69 Å². The molecule has 0 fully saturated rings. The molecule has 2 aromatic rings. The van der Waals surface area contributed by atoms with Crippen molar-refractivity contribution in [3.05, 3.63) is 60.9 Å². The molecule has 0 amide bonds. The lowest BCUT2D eigenvalue weighted by Crippen LogP contribution is -2.27. The fraction of sp³-hybridized carbons (Fsp3) is 0. The van der Waals surface area contributed by atoms with Gasteiger partial charge in [0.05, 0.1) is 5.69 Å². The third kappa shape index (κ3) is 2.17. The highest BCUT2D eigenvalue weighted by Crippen LogP contribution is 2.09. The first-order valence-electron chi connectivity index (χ1n) is 4.25. The molecule has 0 unspecified atom stereocenters. The Labute approximate surface area is 98.7 Å². The van der Waals surface area contributed by atoms with Gasteiger partial charge in [-0.3, -0.25) is 14.3 Å². The van der Waals surface area contributed by atoms with E-state index >= 15 is 0 Å². The molecule has 0 saturated carbocycles. The molecule has 1 N–H and O–H groups in total. The summed E-state index contributed by atoms with van der Waals surface area (Å²) in [6, 6.07) is 8.78. The summed E-state index contributed by atoms with van der Waals surface area (Å²) in [5.41, 5.74) is -0.0745. The van der Waals surface area contributed by atoms with Crippen LogP contribution in [0.2, 0.25) is 0 Å². The highest BCUT2D eigenvalue weighted by Gasteiger charge is 1.99. The topological polar surface area (TPSA) is 54.9 Å². The van der Waals surface area contributed by atoms with Crippen LogP contribution in [0, 0.1) is 3.57 Å². The van der Waals surface area contributed by atoms with Crippen molar-refractivity contribution in [1.82, 2.24) is 9.55 Å². The normalized spacial score (nSPS) is 10.2. The zero-order valence-electron chi connectivity index (χ0n) is 7.61. The van der Waals surface area contributed by atoms with Gasteiger partial charge in [-0.1, -0.05) is 6.07 Å². The molecule has 0 saturated heterocycles. The Balaban J connectivity index is 2.64. The fourth-order valence-corrected chi connectivity index (χ4v) is 1.77. The van der Waals surface area contributed by atoms with Crippen LogP contribution in [0.5, 0.6) is 0 Å². The van der Waals surface area contributed by atoms with E-state index in [1.54, 1.807) is 0 Å². The van der Waals surface area contributed by atoms with E-state index in [4.69, 9.17) is 0 Å². The summed E-state index contributed by atoms with van der Waals surface area (Å²) in [4.78, 5) is 24.5. The maximum absolute atomic E-state index is 11.5. The summed E-state index contributed by atoms with van der Waals surface area (Å²) in [7, 11) is 0. The van der Waals surface area contributed by atoms with Crippen LogP contribution in [0.3, 0.4) is 0 Å². The molecule has 4 nitrogen and oxygen atoms in total. The smallest absolute Gasteiger partial charge is 0.274 e. The fourth-order valence-electron chi connectivity index (χ4n) is 1.25. The number of aromatic amines is 1. The van der Waals surface area contributed by atoms with Gasteiger partial charge in [0, 0.05) is 15.8 Å². The minimum Gasteiger partial charge on any atom is -0.274 e. The van der Waals surface area contributed by atoms with Crippen molar-refractivity contribution in [3.63, 3.8) is 0 Å². The Morgan fingerprint density at radius 1 is 1.20 bits per heavy atom. The zero-order valence-corrected chi connectivity index (χ0v) is 9.76. The molecule has 15 heavy (non-hydrogen) atoms. The van der Waals surface area contributed by atoms with Gasteiger partial charge in [-0.15, -0.1) is 0 Å². The standard InChI is InChI=1S/C10H7IN2O2/c11-7-2-1-3-8(6-7)13-5-4-9(14)12-10(13)15/h1-6H,(H,12,14,15). The second kappa shape index (κ2) is 4.01. The second-order valence-electron chi connectivity index (χ2n) is 2.96. The quantitative estimate of drug-likeness (QED) is 0.802. The number of hydrogen-bond donors (Lipinski definition) is 1. The van der Waals surface area contributed by atoms with Gasteiger partial charge in [-0.25, -0.2) is 4.79 Å². The van der Waals surface area contributed by atoms with Crippen LogP contribution in [-0.4, -0.2) is 9.55 Å². The van der Waals surface area contributed by atoms with Crippen molar-refractivity contribution in [3.8, 4) is 5.69 Å². The number of aromatic nitrogens is 2. The third-order valence-electron chi connectivity index (χ3n) is 1.91. The maximum Gasteiger partial charge on any atom is 0.332 e. The van der Waals surface area contributed by atoms with E-state index in [9.17, 15) is 9.59 Å². The molecular weight excluding hydrogens is 307 g/mol. The molecular formula is C10H7IN2O2. The van der Waals surface area contributed by atoms with Crippen molar-refractivity contribution in [2.75, 3.05) is 0 Å². The van der Waals surface area contributed by atoms with E-state index in [-0.39, 0.29) is 5.56 Å². The summed E-state index contributed by atoms with van der Waals surface area (Å²) in [5, 5.41) is 0. The first-order valence-corrected chi connectivity index (χ1v) is 5.32. The van der Waals surface area contributed by atoms with Gasteiger partial charge >= 0.3 is 5.69 Å². The SMILES string of the molecule is O=c1ccn(-c2cccc(I)c2)c(=O)[nH]1. The second-order valence-corrected chi connectivity index (χ2v) is 4.21. The summed E-state index contributed by atoms with van der Waals surface area (Å²) < 4.78 is 2.42. The molecule has 1 aromatic carbocycles. The van der Waals surface area contributed by atoms with E-state index in [0.717, 1.165) is 9.26 Å². The predicted octanol–water partition coefficient (Wildman–Crippen LogP) is 1.13. The van der Waals surface area contributed by atoms with Crippen LogP contribution in [0.1, 0.15) is 0 Å². The first kappa shape index (κ1) is 10.2. The summed E-state index contributed by atoms with van der Waals surface area (Å²) >= 11 is 2.16. The molecule has 1 heterocycles. The summed E-state index contributed by atoms with van der Waals surface area (Å²) in [6.07, 6.45) is 1.46. The Morgan fingerprint density at radius 2 is 2.00 bits per heavy atom. The van der Waals surface area contributed by atoms with Gasteiger partial charge in [0.1, 0.15) is 0 Å². The number of nitrogens with zero attached hydrogens (tertiary/aromatic N) is 1. The van der Waals surface area contributed by atoms with E-state index in [0.29, 0.717) is 0 Å². The molecule has 0 aliphatic rings. The first-order chi connectivity index (χ1) is 7.16. The molecule has 5 heteroatoms. The average molecular weight is 314 g/mol. The molecule has 2 rings (SSSR count). The van der Waals surface area contributed by atoms with E-state index in [2.05, 4.69) is 27.6 Å². The van der Waals surface area contributed by atoms with Gasteiger partial charge in [0.2, 0.25) is 0 Å². The lowest BCUT2D eigenvalue weighted by Gasteiger charge is -2.03. The van der Waals surface area contributed by atoms with Crippen molar-refractivity contribution in [2.45, 2.75) is 0 Å². The number of halogens is 1. The van der Waals surface area contributed by atoms with Crippen LogP contribution in [0.15, 0.2) is 46.1 Å². The number of nitrogens with one attached hydrogen (secondary N) is 1. The van der Waals surface area contributed by atoms with Gasteiger partial charge < -0.3 is 0 Å². The minimum atomic E-state index is -0.426. The molecule has 0 aliphatic heterocycles. The maximum atomic E-state index is 11.5. The van der Waals surface area contributed by atoms with Crippen LogP contribution in [0.4, 0.5) is 0 Å². The van der Waals surface area contributed by atoms with Gasteiger partial charge in [-0.05, 0) is 40.8 Å². The Kier molecular flexibility index (Phi) is 2.72. The van der Waals surface area contributed by atoms with Gasteiger partial charge in [0.25, 0.3) is 5.56 Å². The van der Waals surface area contributed by atoms with Crippen LogP contribution in [-0.2, 0) is 0 Å². The lowest BCUT2D eigenvalue weighted by atomic mass is 10.3. The van der Waals surface area contributed by atoms with Crippen LogP contribution in [0.25, 0.3) is 5.69 Å².